The molecule has 0 saturated heterocycles. The molecule has 1 unspecified atom stereocenters. The van der Waals surface area contributed by atoms with E-state index in [1.165, 1.54) is 11.1 Å². The largest absolute Gasteiger partial charge is 0.137 e. The number of halogens is 1. The Balaban J connectivity index is 2.74. The molecule has 0 fully saturated rings. The van der Waals surface area contributed by atoms with Crippen molar-refractivity contribution in [1.29, 1.82) is 0 Å². The Morgan fingerprint density at radius 1 is 1.27 bits per heavy atom. The second-order valence-corrected chi connectivity index (χ2v) is 3.63. The van der Waals surface area contributed by atoms with Gasteiger partial charge >= 0.3 is 0 Å². The molecule has 0 N–H and O–H groups in total. The number of hydrogen-bond acceptors (Lipinski definition) is 0. The van der Waals surface area contributed by atoms with Gasteiger partial charge in [-0.05, 0) is 23.7 Å². The van der Waals surface area contributed by atoms with Crippen molar-refractivity contribution in [2.75, 3.05) is 6.16 Å². The normalized spacial score (nSPS) is 10.0. The van der Waals surface area contributed by atoms with Crippen LogP contribution in [0.15, 0.2) is 24.3 Å². The standard InChI is InChI=1S/C9H12BrP/c10-7-9-3-1-2-8(6-9)4-5-11/h1-3,6H,4-5,7,11H2. The minimum Gasteiger partial charge on any atom is -0.137 e. The van der Waals surface area contributed by atoms with Crippen LogP contribution in [0.1, 0.15) is 11.1 Å². The van der Waals surface area contributed by atoms with E-state index < -0.39 is 0 Å². The summed E-state index contributed by atoms with van der Waals surface area (Å²) in [5, 5.41) is 0.956. The molecule has 0 spiro atoms. The lowest BCUT2D eigenvalue weighted by atomic mass is 10.1. The van der Waals surface area contributed by atoms with Crippen LogP contribution in [0.4, 0.5) is 0 Å². The predicted octanol–water partition coefficient (Wildman–Crippen LogP) is 3.00. The second-order valence-electron chi connectivity index (χ2n) is 2.49. The number of benzene rings is 1. The Labute approximate surface area is 78.7 Å². The highest BCUT2D eigenvalue weighted by Gasteiger charge is 1.92. The summed E-state index contributed by atoms with van der Waals surface area (Å²) in [5.41, 5.74) is 2.79. The lowest BCUT2D eigenvalue weighted by Gasteiger charge is -1.99. The molecule has 0 aromatic heterocycles. The van der Waals surface area contributed by atoms with Crippen molar-refractivity contribution in [1.82, 2.24) is 0 Å². The quantitative estimate of drug-likeness (QED) is 0.554. The molecule has 0 aliphatic heterocycles. The molecule has 60 valence electrons. The van der Waals surface area contributed by atoms with Gasteiger partial charge in [0.2, 0.25) is 0 Å². The highest BCUT2D eigenvalue weighted by atomic mass is 79.9. The summed E-state index contributed by atoms with van der Waals surface area (Å²) in [6.45, 7) is 0. The molecule has 0 amide bonds. The third-order valence-corrected chi connectivity index (χ3v) is 2.51. The maximum Gasteiger partial charge on any atom is 0.0283 e. The van der Waals surface area contributed by atoms with Gasteiger partial charge in [-0.15, -0.1) is 9.24 Å². The highest BCUT2D eigenvalue weighted by molar-refractivity contribution is 9.08. The van der Waals surface area contributed by atoms with Crippen LogP contribution in [0.25, 0.3) is 0 Å². The van der Waals surface area contributed by atoms with Gasteiger partial charge in [0.05, 0.1) is 0 Å². The van der Waals surface area contributed by atoms with Crippen LogP contribution in [0.2, 0.25) is 0 Å². The molecule has 0 aliphatic rings. The highest BCUT2D eigenvalue weighted by Crippen LogP contribution is 2.09. The molecular weight excluding hydrogens is 219 g/mol. The summed E-state index contributed by atoms with van der Waals surface area (Å²) in [5.74, 6) is 0. The molecule has 1 rings (SSSR count). The van der Waals surface area contributed by atoms with Crippen molar-refractivity contribution >= 4 is 25.2 Å². The summed E-state index contributed by atoms with van der Waals surface area (Å²) in [7, 11) is 2.75. The fourth-order valence-electron chi connectivity index (χ4n) is 1.03. The fraction of sp³-hybridized carbons (Fsp3) is 0.333. The molecule has 0 bridgehead atoms. The zero-order valence-electron chi connectivity index (χ0n) is 6.39. The summed E-state index contributed by atoms with van der Waals surface area (Å²) in [4.78, 5) is 0. The fourth-order valence-corrected chi connectivity index (χ4v) is 1.72. The van der Waals surface area contributed by atoms with Gasteiger partial charge in [-0.3, -0.25) is 0 Å². The van der Waals surface area contributed by atoms with Gasteiger partial charge < -0.3 is 0 Å². The van der Waals surface area contributed by atoms with E-state index in [9.17, 15) is 0 Å². The average molecular weight is 231 g/mol. The molecule has 0 radical (unpaired) electrons. The molecule has 0 aliphatic carbocycles. The van der Waals surface area contributed by atoms with E-state index >= 15 is 0 Å². The van der Waals surface area contributed by atoms with E-state index in [2.05, 4.69) is 49.4 Å². The van der Waals surface area contributed by atoms with Crippen LogP contribution in [-0.2, 0) is 11.8 Å². The first-order valence-corrected chi connectivity index (χ1v) is 5.64. The van der Waals surface area contributed by atoms with Crippen molar-refractivity contribution in [2.24, 2.45) is 0 Å². The molecule has 2 heteroatoms. The molecule has 1 aromatic rings. The average Bonchev–Trinajstić information content (AvgIpc) is 2.06. The lowest BCUT2D eigenvalue weighted by molar-refractivity contribution is 1.15. The maximum absolute atomic E-state index is 3.44. The predicted molar refractivity (Wildman–Crippen MR) is 57.4 cm³/mol. The van der Waals surface area contributed by atoms with E-state index in [1.807, 2.05) is 0 Å². The number of alkyl halides is 1. The van der Waals surface area contributed by atoms with E-state index in [0.717, 1.165) is 17.9 Å². The summed E-state index contributed by atoms with van der Waals surface area (Å²) in [6.07, 6.45) is 2.30. The van der Waals surface area contributed by atoms with Gasteiger partial charge in [0.15, 0.2) is 0 Å². The van der Waals surface area contributed by atoms with Gasteiger partial charge in [-0.25, -0.2) is 0 Å². The van der Waals surface area contributed by atoms with Crippen LogP contribution in [0, 0.1) is 0 Å². The molecule has 0 heterocycles. The minimum atomic E-state index is 0.956. The zero-order chi connectivity index (χ0) is 8.10. The summed E-state index contributed by atoms with van der Waals surface area (Å²) in [6, 6.07) is 8.68. The number of hydrogen-bond donors (Lipinski definition) is 0. The first kappa shape index (κ1) is 9.22. The van der Waals surface area contributed by atoms with Crippen molar-refractivity contribution in [3.63, 3.8) is 0 Å². The Hall–Kier alpha value is 0.130. The van der Waals surface area contributed by atoms with Gasteiger partial charge in [-0.1, -0.05) is 40.2 Å². The second kappa shape index (κ2) is 4.90. The van der Waals surface area contributed by atoms with Crippen LogP contribution in [-0.4, -0.2) is 6.16 Å². The van der Waals surface area contributed by atoms with Crippen molar-refractivity contribution in [2.45, 2.75) is 11.8 Å². The minimum absolute atomic E-state index is 0.956. The van der Waals surface area contributed by atoms with Crippen LogP contribution < -0.4 is 0 Å². The van der Waals surface area contributed by atoms with Crippen LogP contribution >= 0.6 is 25.2 Å². The van der Waals surface area contributed by atoms with Crippen molar-refractivity contribution < 1.29 is 0 Å². The Bertz CT molecular complexity index is 223. The van der Waals surface area contributed by atoms with Gasteiger partial charge in [0.25, 0.3) is 0 Å². The summed E-state index contributed by atoms with van der Waals surface area (Å²) < 4.78 is 0. The van der Waals surface area contributed by atoms with E-state index in [1.54, 1.807) is 0 Å². The SMILES string of the molecule is PCCc1cccc(CBr)c1. The number of aryl methyl sites for hydroxylation is 1. The monoisotopic (exact) mass is 230 g/mol. The van der Waals surface area contributed by atoms with E-state index in [-0.39, 0.29) is 0 Å². The Kier molecular flexibility index (Phi) is 4.11. The van der Waals surface area contributed by atoms with Gasteiger partial charge in [0, 0.05) is 5.33 Å². The molecule has 0 nitrogen and oxygen atoms in total. The van der Waals surface area contributed by atoms with Crippen molar-refractivity contribution in [3.05, 3.63) is 35.4 Å². The third-order valence-electron chi connectivity index (χ3n) is 1.58. The molecule has 1 aromatic carbocycles. The lowest BCUT2D eigenvalue weighted by Crippen LogP contribution is -1.86. The third kappa shape index (κ3) is 2.92. The molecule has 1 atom stereocenters. The van der Waals surface area contributed by atoms with E-state index in [4.69, 9.17) is 0 Å². The molecule has 0 saturated carbocycles. The Morgan fingerprint density at radius 2 is 2.00 bits per heavy atom. The maximum atomic E-state index is 3.44. The molecule has 11 heavy (non-hydrogen) atoms. The topological polar surface area (TPSA) is 0 Å². The van der Waals surface area contributed by atoms with Gasteiger partial charge in [0.1, 0.15) is 0 Å². The smallest absolute Gasteiger partial charge is 0.0283 e. The van der Waals surface area contributed by atoms with Crippen LogP contribution in [0.3, 0.4) is 0 Å². The zero-order valence-corrected chi connectivity index (χ0v) is 9.13. The van der Waals surface area contributed by atoms with E-state index in [0.29, 0.717) is 0 Å². The van der Waals surface area contributed by atoms with Crippen LogP contribution in [0.5, 0.6) is 0 Å². The molecular formula is C9H12BrP. The number of rotatable bonds is 3. The first-order valence-electron chi connectivity index (χ1n) is 3.70. The first-order chi connectivity index (χ1) is 5.36. The van der Waals surface area contributed by atoms with Crippen molar-refractivity contribution in [3.8, 4) is 0 Å². The summed E-state index contributed by atoms with van der Waals surface area (Å²) >= 11 is 3.44. The Morgan fingerprint density at radius 3 is 2.64 bits per heavy atom. The van der Waals surface area contributed by atoms with Gasteiger partial charge in [-0.2, -0.15) is 0 Å².